The van der Waals surface area contributed by atoms with Crippen LogP contribution in [0, 0.1) is 17.5 Å². The van der Waals surface area contributed by atoms with Crippen molar-refractivity contribution in [1.82, 2.24) is 4.90 Å². The summed E-state index contributed by atoms with van der Waals surface area (Å²) in [6, 6.07) is 18.1. The van der Waals surface area contributed by atoms with Crippen LogP contribution >= 0.6 is 0 Å². The van der Waals surface area contributed by atoms with E-state index in [0.717, 1.165) is 23.3 Å². The second kappa shape index (κ2) is 9.93. The number of nitrogens with one attached hydrogen (secondary N) is 1. The minimum atomic E-state index is -1.67. The lowest BCUT2D eigenvalue weighted by Crippen LogP contribution is -2.38. The predicted molar refractivity (Wildman–Crippen MR) is 113 cm³/mol. The number of halogens is 3. The van der Waals surface area contributed by atoms with Gasteiger partial charge in [-0.05, 0) is 35.7 Å². The van der Waals surface area contributed by atoms with Crippen molar-refractivity contribution in [3.8, 4) is 11.1 Å². The molecule has 1 N–H and O–H groups in total. The maximum absolute atomic E-state index is 13.9. The van der Waals surface area contributed by atoms with E-state index in [1.54, 1.807) is 12.1 Å². The quantitative estimate of drug-likeness (QED) is 0.524. The normalized spacial score (nSPS) is 10.6. The molecule has 0 heterocycles. The van der Waals surface area contributed by atoms with E-state index in [1.807, 2.05) is 49.4 Å². The van der Waals surface area contributed by atoms with Crippen molar-refractivity contribution in [2.45, 2.75) is 13.3 Å². The van der Waals surface area contributed by atoms with E-state index in [4.69, 9.17) is 0 Å². The highest BCUT2D eigenvalue weighted by molar-refractivity contribution is 6.03. The highest BCUT2D eigenvalue weighted by Crippen LogP contribution is 2.25. The Labute approximate surface area is 178 Å². The summed E-state index contributed by atoms with van der Waals surface area (Å²) in [6.07, 6.45) is 0.589. The molecule has 160 valence electrons. The van der Waals surface area contributed by atoms with E-state index in [2.05, 4.69) is 5.32 Å². The van der Waals surface area contributed by atoms with Gasteiger partial charge in [-0.2, -0.15) is 0 Å². The van der Waals surface area contributed by atoms with Gasteiger partial charge in [0.15, 0.2) is 17.5 Å². The zero-order chi connectivity index (χ0) is 22.4. The predicted octanol–water partition coefficient (Wildman–Crippen LogP) is 5.26. The summed E-state index contributed by atoms with van der Waals surface area (Å²) >= 11 is 0. The highest BCUT2D eigenvalue weighted by atomic mass is 19.2. The first-order valence-electron chi connectivity index (χ1n) is 9.79. The fraction of sp³-hybridized carbons (Fsp3) is 0.167. The van der Waals surface area contributed by atoms with Crippen molar-refractivity contribution in [3.05, 3.63) is 89.7 Å². The molecule has 0 atom stereocenters. The van der Waals surface area contributed by atoms with E-state index in [1.165, 1.54) is 4.90 Å². The molecule has 0 saturated carbocycles. The Morgan fingerprint density at radius 3 is 2.26 bits per heavy atom. The largest absolute Gasteiger partial charge is 0.329 e. The summed E-state index contributed by atoms with van der Waals surface area (Å²) in [6.45, 7) is 1.78. The van der Waals surface area contributed by atoms with Crippen molar-refractivity contribution in [1.29, 1.82) is 0 Å². The Kier molecular flexibility index (Phi) is 7.07. The number of rotatable bonds is 7. The van der Waals surface area contributed by atoms with Crippen molar-refractivity contribution < 1.29 is 22.8 Å². The average molecular weight is 426 g/mol. The third kappa shape index (κ3) is 5.12. The average Bonchev–Trinajstić information content (AvgIpc) is 2.79. The Balaban J connectivity index is 1.82. The number of carbonyl (C=O) groups excluding carboxylic acids is 2. The molecule has 0 aliphatic heterocycles. The molecule has 4 nitrogen and oxygen atoms in total. The van der Waals surface area contributed by atoms with Gasteiger partial charge in [-0.3, -0.25) is 9.59 Å². The third-order valence-electron chi connectivity index (χ3n) is 4.67. The Morgan fingerprint density at radius 1 is 0.871 bits per heavy atom. The fourth-order valence-corrected chi connectivity index (χ4v) is 3.22. The Bertz CT molecular complexity index is 1090. The summed E-state index contributed by atoms with van der Waals surface area (Å²) in [5, 5.41) is 2.21. The molecule has 7 heteroatoms. The van der Waals surface area contributed by atoms with Gasteiger partial charge in [-0.1, -0.05) is 55.5 Å². The van der Waals surface area contributed by atoms with Gasteiger partial charge in [0.2, 0.25) is 5.91 Å². The van der Waals surface area contributed by atoms with Gasteiger partial charge in [0, 0.05) is 12.1 Å². The van der Waals surface area contributed by atoms with Crippen LogP contribution in [-0.4, -0.2) is 29.8 Å². The first-order valence-corrected chi connectivity index (χ1v) is 9.79. The van der Waals surface area contributed by atoms with Crippen LogP contribution in [0.5, 0.6) is 0 Å². The van der Waals surface area contributed by atoms with E-state index < -0.39 is 29.0 Å². The van der Waals surface area contributed by atoms with Crippen molar-refractivity contribution in [2.24, 2.45) is 0 Å². The molecular formula is C24H21F3N2O2. The van der Waals surface area contributed by atoms with E-state index in [-0.39, 0.29) is 19.0 Å². The van der Waals surface area contributed by atoms with E-state index in [0.29, 0.717) is 12.0 Å². The van der Waals surface area contributed by atoms with Crippen LogP contribution in [0.25, 0.3) is 11.1 Å². The van der Waals surface area contributed by atoms with Gasteiger partial charge in [-0.15, -0.1) is 0 Å². The molecule has 0 saturated heterocycles. The zero-order valence-corrected chi connectivity index (χ0v) is 16.9. The second-order valence-electron chi connectivity index (χ2n) is 6.91. The summed E-state index contributed by atoms with van der Waals surface area (Å²) in [4.78, 5) is 27.0. The first-order chi connectivity index (χ1) is 14.9. The molecule has 0 bridgehead atoms. The molecule has 0 aromatic heterocycles. The maximum Gasteiger partial charge on any atom is 0.254 e. The summed E-state index contributed by atoms with van der Waals surface area (Å²) in [7, 11) is 0. The molecule has 3 aromatic rings. The van der Waals surface area contributed by atoms with Crippen LogP contribution in [0.4, 0.5) is 18.9 Å². The van der Waals surface area contributed by atoms with Crippen LogP contribution in [0.1, 0.15) is 23.7 Å². The van der Waals surface area contributed by atoms with Crippen molar-refractivity contribution in [3.63, 3.8) is 0 Å². The number of anilines is 1. The second-order valence-corrected chi connectivity index (χ2v) is 6.91. The van der Waals surface area contributed by atoms with Crippen LogP contribution < -0.4 is 5.32 Å². The molecule has 0 fully saturated rings. The molecule has 0 spiro atoms. The van der Waals surface area contributed by atoms with Gasteiger partial charge in [0.05, 0.1) is 5.69 Å². The van der Waals surface area contributed by atoms with Crippen LogP contribution in [0.3, 0.4) is 0 Å². The fourth-order valence-electron chi connectivity index (χ4n) is 3.22. The molecule has 0 radical (unpaired) electrons. The molecule has 0 unspecified atom stereocenters. The number of amides is 2. The molecular weight excluding hydrogens is 405 g/mol. The maximum atomic E-state index is 13.9. The minimum Gasteiger partial charge on any atom is -0.329 e. The van der Waals surface area contributed by atoms with Gasteiger partial charge in [0.1, 0.15) is 6.54 Å². The minimum absolute atomic E-state index is 0.287. The topological polar surface area (TPSA) is 49.4 Å². The van der Waals surface area contributed by atoms with Gasteiger partial charge in [-0.25, -0.2) is 13.2 Å². The van der Waals surface area contributed by atoms with Crippen LogP contribution in [-0.2, 0) is 4.79 Å². The number of benzene rings is 3. The lowest BCUT2D eigenvalue weighted by Gasteiger charge is -2.23. The number of carbonyl (C=O) groups is 2. The molecule has 3 rings (SSSR count). The summed E-state index contributed by atoms with van der Waals surface area (Å²) in [5.74, 6) is -5.59. The number of nitrogens with zero attached hydrogens (tertiary/aromatic N) is 1. The monoisotopic (exact) mass is 426 g/mol. The number of hydrogen-bond acceptors (Lipinski definition) is 2. The standard InChI is InChI=1S/C24H21F3N2O2/c1-2-14-29(15-21(30)28-20-13-12-19(25)22(26)23(20)27)24(31)18-11-7-6-10-17(18)16-8-4-3-5-9-16/h3-13H,2,14-15H2,1H3,(H,28,30). The zero-order valence-electron chi connectivity index (χ0n) is 16.9. The van der Waals surface area contributed by atoms with E-state index in [9.17, 15) is 22.8 Å². The van der Waals surface area contributed by atoms with Crippen molar-refractivity contribution in [2.75, 3.05) is 18.4 Å². The van der Waals surface area contributed by atoms with Crippen molar-refractivity contribution >= 4 is 17.5 Å². The SMILES string of the molecule is CCCN(CC(=O)Nc1ccc(F)c(F)c1F)C(=O)c1ccccc1-c1ccccc1. The molecule has 31 heavy (non-hydrogen) atoms. The lowest BCUT2D eigenvalue weighted by atomic mass is 9.99. The summed E-state index contributed by atoms with van der Waals surface area (Å²) in [5.41, 5.74) is 1.52. The smallest absolute Gasteiger partial charge is 0.254 e. The van der Waals surface area contributed by atoms with Crippen LogP contribution in [0.15, 0.2) is 66.7 Å². The van der Waals surface area contributed by atoms with Gasteiger partial charge < -0.3 is 10.2 Å². The molecule has 0 aliphatic carbocycles. The lowest BCUT2D eigenvalue weighted by molar-refractivity contribution is -0.116. The molecule has 3 aromatic carbocycles. The molecule has 0 aliphatic rings. The highest BCUT2D eigenvalue weighted by Gasteiger charge is 2.22. The Hall–Kier alpha value is -3.61. The van der Waals surface area contributed by atoms with Gasteiger partial charge >= 0.3 is 0 Å². The van der Waals surface area contributed by atoms with Crippen LogP contribution in [0.2, 0.25) is 0 Å². The summed E-state index contributed by atoms with van der Waals surface area (Å²) < 4.78 is 40.4. The first kappa shape index (κ1) is 22.1. The van der Waals surface area contributed by atoms with Gasteiger partial charge in [0.25, 0.3) is 5.91 Å². The number of hydrogen-bond donors (Lipinski definition) is 1. The Morgan fingerprint density at radius 2 is 1.55 bits per heavy atom. The van der Waals surface area contributed by atoms with E-state index >= 15 is 0 Å². The third-order valence-corrected chi connectivity index (χ3v) is 4.67. The molecule has 2 amide bonds.